The van der Waals surface area contributed by atoms with Crippen LogP contribution in [0.25, 0.3) is 0 Å². The smallest absolute Gasteiger partial charge is 0.163 e. The summed E-state index contributed by atoms with van der Waals surface area (Å²) in [6.45, 7) is 7.18. The number of benzene rings is 1. The Morgan fingerprint density at radius 3 is 2.52 bits per heavy atom. The van der Waals surface area contributed by atoms with Crippen molar-refractivity contribution in [2.75, 3.05) is 20.1 Å². The molecule has 0 radical (unpaired) electrons. The summed E-state index contributed by atoms with van der Waals surface area (Å²) in [5, 5.41) is 0. The fraction of sp³-hybridized carbons (Fsp3) is 0.440. The van der Waals surface area contributed by atoms with Crippen LogP contribution >= 0.6 is 15.9 Å². The third-order valence-corrected chi connectivity index (χ3v) is 5.33. The fourth-order valence-corrected chi connectivity index (χ4v) is 3.16. The average Bonchev–Trinajstić information content (AvgIpc) is 2.78. The van der Waals surface area contributed by atoms with Gasteiger partial charge in [0.1, 0.15) is 12.5 Å². The second-order valence-electron chi connectivity index (χ2n) is 7.04. The normalized spacial score (nSPS) is 15.4. The lowest BCUT2D eigenvalue weighted by Crippen LogP contribution is -2.19. The van der Waals surface area contributed by atoms with Crippen molar-refractivity contribution in [2.45, 2.75) is 40.2 Å². The van der Waals surface area contributed by atoms with Crippen molar-refractivity contribution < 1.29 is 9.13 Å². The van der Waals surface area contributed by atoms with Gasteiger partial charge in [-0.3, -0.25) is 9.98 Å². The van der Waals surface area contributed by atoms with Crippen LogP contribution in [0.5, 0.6) is 0 Å². The Labute approximate surface area is 194 Å². The van der Waals surface area contributed by atoms with Crippen molar-refractivity contribution >= 4 is 27.9 Å². The highest BCUT2D eigenvalue weighted by Gasteiger charge is 2.26. The van der Waals surface area contributed by atoms with Crippen molar-refractivity contribution in [3.63, 3.8) is 0 Å². The molecule has 2 unspecified atom stereocenters. The molecule has 168 valence electrons. The summed E-state index contributed by atoms with van der Waals surface area (Å²) in [6.07, 6.45) is 10.8. The van der Waals surface area contributed by atoms with E-state index in [2.05, 4.69) is 45.7 Å². The van der Waals surface area contributed by atoms with Crippen LogP contribution in [0, 0.1) is 24.2 Å². The second kappa shape index (κ2) is 14.7. The molecule has 1 rings (SSSR count). The Hall–Kier alpha value is -2.23. The number of hydrogen-bond donors (Lipinski definition) is 1. The SMILES string of the molecule is C#CC(C(C=NCCN)=NC)/C(F)=C(OCc1ccc(Br)cc1)\C(=C/CC)C(C)CC. The number of nitrogens with zero attached hydrogens (tertiary/aromatic N) is 2. The number of halogens is 2. The Morgan fingerprint density at radius 2 is 2.00 bits per heavy atom. The largest absolute Gasteiger partial charge is 0.486 e. The Bertz CT molecular complexity index is 851. The van der Waals surface area contributed by atoms with Crippen LogP contribution in [0.1, 0.15) is 39.2 Å². The quantitative estimate of drug-likeness (QED) is 0.172. The molecular weight excluding hydrogens is 457 g/mol. The molecular formula is C25H33BrFN3O. The van der Waals surface area contributed by atoms with Crippen molar-refractivity contribution in [1.82, 2.24) is 0 Å². The summed E-state index contributed by atoms with van der Waals surface area (Å²) in [6, 6.07) is 7.72. The van der Waals surface area contributed by atoms with Crippen molar-refractivity contribution in [1.29, 1.82) is 0 Å². The van der Waals surface area contributed by atoms with Crippen LogP contribution in [0.3, 0.4) is 0 Å². The Balaban J connectivity index is 3.44. The first-order valence-corrected chi connectivity index (χ1v) is 11.3. The van der Waals surface area contributed by atoms with E-state index in [0.29, 0.717) is 18.8 Å². The Kier molecular flexibility index (Phi) is 12.7. The first-order chi connectivity index (χ1) is 14.9. The van der Waals surface area contributed by atoms with Gasteiger partial charge >= 0.3 is 0 Å². The third-order valence-electron chi connectivity index (χ3n) is 4.80. The minimum Gasteiger partial charge on any atom is -0.486 e. The van der Waals surface area contributed by atoms with Gasteiger partial charge in [0, 0.05) is 24.3 Å². The topological polar surface area (TPSA) is 60.0 Å². The van der Waals surface area contributed by atoms with Gasteiger partial charge in [0.05, 0.1) is 12.3 Å². The molecule has 6 heteroatoms. The monoisotopic (exact) mass is 489 g/mol. The molecule has 0 bridgehead atoms. The van der Waals surface area contributed by atoms with Gasteiger partial charge in [0.25, 0.3) is 0 Å². The summed E-state index contributed by atoms with van der Waals surface area (Å²) < 4.78 is 23.0. The van der Waals surface area contributed by atoms with Gasteiger partial charge < -0.3 is 10.5 Å². The van der Waals surface area contributed by atoms with E-state index in [-0.39, 0.29) is 18.3 Å². The third kappa shape index (κ3) is 8.43. The first-order valence-electron chi connectivity index (χ1n) is 10.5. The van der Waals surface area contributed by atoms with Gasteiger partial charge in [0.2, 0.25) is 0 Å². The highest BCUT2D eigenvalue weighted by Crippen LogP contribution is 2.31. The molecule has 1 aromatic carbocycles. The van der Waals surface area contributed by atoms with E-state index in [1.807, 2.05) is 37.3 Å². The minimum atomic E-state index is -0.990. The van der Waals surface area contributed by atoms with Gasteiger partial charge in [-0.25, -0.2) is 4.39 Å². The molecule has 0 aliphatic rings. The molecule has 4 nitrogen and oxygen atoms in total. The van der Waals surface area contributed by atoms with Crippen LogP contribution in [0.15, 0.2) is 62.0 Å². The molecule has 31 heavy (non-hydrogen) atoms. The molecule has 2 atom stereocenters. The van der Waals surface area contributed by atoms with Crippen LogP contribution in [0.2, 0.25) is 0 Å². The molecule has 0 aromatic heterocycles. The Morgan fingerprint density at radius 1 is 1.32 bits per heavy atom. The zero-order valence-electron chi connectivity index (χ0n) is 18.9. The zero-order chi connectivity index (χ0) is 23.2. The highest BCUT2D eigenvalue weighted by atomic mass is 79.9. The number of hydrogen-bond acceptors (Lipinski definition) is 4. The molecule has 0 fully saturated rings. The summed E-state index contributed by atoms with van der Waals surface area (Å²) in [7, 11) is 1.57. The maximum Gasteiger partial charge on any atom is 0.163 e. The summed E-state index contributed by atoms with van der Waals surface area (Å²) >= 11 is 3.42. The number of allylic oxidation sites excluding steroid dienone is 3. The zero-order valence-corrected chi connectivity index (χ0v) is 20.5. The minimum absolute atomic E-state index is 0.108. The van der Waals surface area contributed by atoms with E-state index >= 15 is 4.39 Å². The maximum atomic E-state index is 15.9. The molecule has 0 amide bonds. The molecule has 2 N–H and O–H groups in total. The highest BCUT2D eigenvalue weighted by molar-refractivity contribution is 9.10. The number of aliphatic imine (C=N–C) groups is 2. The number of ether oxygens (including phenoxy) is 1. The van der Waals surface area contributed by atoms with Gasteiger partial charge in [-0.05, 0) is 42.0 Å². The molecule has 0 heterocycles. The first kappa shape index (κ1) is 26.8. The number of nitrogens with two attached hydrogens (primary N) is 1. The van der Waals surface area contributed by atoms with E-state index < -0.39 is 11.7 Å². The average molecular weight is 490 g/mol. The van der Waals surface area contributed by atoms with Crippen LogP contribution < -0.4 is 5.73 Å². The predicted molar refractivity (Wildman–Crippen MR) is 133 cm³/mol. The molecule has 0 saturated carbocycles. The molecule has 0 aliphatic heterocycles. The van der Waals surface area contributed by atoms with Crippen LogP contribution in [-0.2, 0) is 11.3 Å². The van der Waals surface area contributed by atoms with Crippen molar-refractivity contribution in [3.8, 4) is 12.3 Å². The molecule has 0 aliphatic carbocycles. The van der Waals surface area contributed by atoms with Gasteiger partial charge in [-0.15, -0.1) is 6.42 Å². The van der Waals surface area contributed by atoms with Gasteiger partial charge in [-0.2, -0.15) is 0 Å². The summed E-state index contributed by atoms with van der Waals surface area (Å²) in [5.41, 5.74) is 7.59. The van der Waals surface area contributed by atoms with E-state index in [1.54, 1.807) is 7.05 Å². The van der Waals surface area contributed by atoms with Crippen LogP contribution in [0.4, 0.5) is 4.39 Å². The van der Waals surface area contributed by atoms with E-state index in [4.69, 9.17) is 16.9 Å². The molecule has 0 spiro atoms. The van der Waals surface area contributed by atoms with Gasteiger partial charge in [-0.1, -0.05) is 60.8 Å². The second-order valence-corrected chi connectivity index (χ2v) is 7.96. The van der Waals surface area contributed by atoms with Gasteiger partial charge in [0.15, 0.2) is 11.6 Å². The van der Waals surface area contributed by atoms with E-state index in [9.17, 15) is 0 Å². The lowest BCUT2D eigenvalue weighted by atomic mass is 9.92. The summed E-state index contributed by atoms with van der Waals surface area (Å²) in [5.74, 6) is 1.30. The predicted octanol–water partition coefficient (Wildman–Crippen LogP) is 5.88. The van der Waals surface area contributed by atoms with E-state index in [0.717, 1.165) is 28.5 Å². The number of terminal acetylenes is 1. The van der Waals surface area contributed by atoms with Crippen molar-refractivity contribution in [2.24, 2.45) is 27.6 Å². The molecule has 0 saturated heterocycles. The fourth-order valence-electron chi connectivity index (χ4n) is 2.90. The van der Waals surface area contributed by atoms with Crippen molar-refractivity contribution in [3.05, 3.63) is 57.5 Å². The lowest BCUT2D eigenvalue weighted by Gasteiger charge is -2.22. The molecule has 1 aromatic rings. The summed E-state index contributed by atoms with van der Waals surface area (Å²) in [4.78, 5) is 8.34. The lowest BCUT2D eigenvalue weighted by molar-refractivity contribution is 0.189. The maximum absolute atomic E-state index is 15.9. The van der Waals surface area contributed by atoms with Crippen LogP contribution in [-0.4, -0.2) is 32.1 Å². The number of rotatable bonds is 12. The standard InChI is InChI=1S/C25H33BrFN3O/c1-6-9-22(18(4)7-2)25(31-17-19-10-12-20(26)13-11-19)24(27)21(8-3)23(29-5)16-30-15-14-28/h3,9-13,16,18,21H,6-7,14-15,17,28H2,1-2,4-5H3/b22-9-,25-24-,29-23?,30-16?. The van der Waals surface area contributed by atoms with E-state index in [1.165, 1.54) is 6.21 Å².